The SMILES string of the molecule is O=C1CN(CCOCCS(=O)(=O)CC2(c3cccc(OCC4CC4)c3)CC2)C(=O)N1. The summed E-state index contributed by atoms with van der Waals surface area (Å²) in [4.78, 5) is 23.9. The molecule has 0 atom stereocenters. The third kappa shape index (κ3) is 5.51. The highest BCUT2D eigenvalue weighted by Gasteiger charge is 2.47. The highest BCUT2D eigenvalue weighted by Crippen LogP contribution is 2.50. The monoisotopic (exact) mass is 436 g/mol. The van der Waals surface area contributed by atoms with Gasteiger partial charge in [-0.2, -0.15) is 0 Å². The fourth-order valence-electron chi connectivity index (χ4n) is 3.70. The van der Waals surface area contributed by atoms with Gasteiger partial charge in [0.25, 0.3) is 0 Å². The van der Waals surface area contributed by atoms with Crippen LogP contribution >= 0.6 is 0 Å². The van der Waals surface area contributed by atoms with Gasteiger partial charge in [0.05, 0.1) is 31.3 Å². The summed E-state index contributed by atoms with van der Waals surface area (Å²) in [5, 5.41) is 2.19. The number of hydrogen-bond donors (Lipinski definition) is 1. The number of ether oxygens (including phenoxy) is 2. The van der Waals surface area contributed by atoms with Crippen LogP contribution in [0.15, 0.2) is 24.3 Å². The summed E-state index contributed by atoms with van der Waals surface area (Å²) in [7, 11) is -3.29. The molecule has 9 heteroatoms. The Morgan fingerprint density at radius 1 is 1.17 bits per heavy atom. The van der Waals surface area contributed by atoms with Gasteiger partial charge in [0.15, 0.2) is 9.84 Å². The Balaban J connectivity index is 1.23. The molecule has 3 amide bonds. The smallest absolute Gasteiger partial charge is 0.324 e. The van der Waals surface area contributed by atoms with Crippen molar-refractivity contribution in [3.63, 3.8) is 0 Å². The number of carbonyl (C=O) groups excluding carboxylic acids is 2. The summed E-state index contributed by atoms with van der Waals surface area (Å²) in [6.07, 6.45) is 4.18. The third-order valence-electron chi connectivity index (χ3n) is 5.89. The van der Waals surface area contributed by atoms with Gasteiger partial charge >= 0.3 is 6.03 Å². The van der Waals surface area contributed by atoms with Gasteiger partial charge in [-0.25, -0.2) is 13.2 Å². The highest BCUT2D eigenvalue weighted by atomic mass is 32.2. The van der Waals surface area contributed by atoms with Gasteiger partial charge in [0.1, 0.15) is 12.3 Å². The van der Waals surface area contributed by atoms with Gasteiger partial charge in [-0.1, -0.05) is 12.1 Å². The molecule has 4 rings (SSSR count). The van der Waals surface area contributed by atoms with E-state index in [0.717, 1.165) is 30.8 Å². The van der Waals surface area contributed by atoms with Crippen molar-refractivity contribution >= 4 is 21.8 Å². The van der Waals surface area contributed by atoms with E-state index < -0.39 is 15.9 Å². The fourth-order valence-corrected chi connectivity index (χ4v) is 5.51. The van der Waals surface area contributed by atoms with E-state index in [9.17, 15) is 18.0 Å². The zero-order valence-corrected chi connectivity index (χ0v) is 17.8. The fraction of sp³-hybridized carbons (Fsp3) is 0.619. The summed E-state index contributed by atoms with van der Waals surface area (Å²) in [6.45, 7) is 1.29. The average Bonchev–Trinajstić information content (AvgIpc) is 3.61. The standard InChI is InChI=1S/C21H28N2O6S/c24-19-13-23(20(25)22-19)8-9-28-10-11-30(26,27)15-21(6-7-21)17-2-1-3-18(12-17)29-14-16-4-5-16/h1-3,12,16H,4-11,13-15H2,(H,22,24,25). The number of nitrogens with zero attached hydrogens (tertiary/aromatic N) is 1. The number of urea groups is 1. The Kier molecular flexibility index (Phi) is 6.02. The number of sulfone groups is 1. The van der Waals surface area contributed by atoms with Crippen LogP contribution in [-0.4, -0.2) is 69.7 Å². The van der Waals surface area contributed by atoms with Crippen LogP contribution in [0.3, 0.4) is 0 Å². The zero-order valence-electron chi connectivity index (χ0n) is 17.0. The minimum atomic E-state index is -3.29. The van der Waals surface area contributed by atoms with Crippen LogP contribution in [0.25, 0.3) is 0 Å². The normalized spacial score (nSPS) is 20.3. The first-order valence-electron chi connectivity index (χ1n) is 10.5. The highest BCUT2D eigenvalue weighted by molar-refractivity contribution is 7.91. The van der Waals surface area contributed by atoms with Crippen molar-refractivity contribution in [1.29, 1.82) is 0 Å². The number of nitrogens with one attached hydrogen (secondary N) is 1. The molecule has 8 nitrogen and oxygen atoms in total. The molecule has 0 unspecified atom stereocenters. The molecule has 1 aromatic rings. The molecule has 0 radical (unpaired) electrons. The first-order valence-corrected chi connectivity index (χ1v) is 12.3. The second kappa shape index (κ2) is 8.55. The molecule has 164 valence electrons. The minimum Gasteiger partial charge on any atom is -0.493 e. The molecule has 3 aliphatic rings. The number of benzene rings is 1. The van der Waals surface area contributed by atoms with Crippen molar-refractivity contribution in [2.24, 2.45) is 5.92 Å². The minimum absolute atomic E-state index is 0.0203. The third-order valence-corrected chi connectivity index (χ3v) is 7.67. The van der Waals surface area contributed by atoms with Crippen LogP contribution in [0.1, 0.15) is 31.2 Å². The molecule has 1 heterocycles. The summed E-state index contributed by atoms with van der Waals surface area (Å²) in [5.41, 5.74) is 0.719. The first kappa shape index (κ1) is 21.1. The second-order valence-corrected chi connectivity index (χ2v) is 10.7. The van der Waals surface area contributed by atoms with Crippen LogP contribution < -0.4 is 10.1 Å². The van der Waals surface area contributed by atoms with E-state index in [4.69, 9.17) is 9.47 Å². The molecule has 2 aliphatic carbocycles. The number of carbonyl (C=O) groups is 2. The Bertz CT molecular complexity index is 908. The molecule has 30 heavy (non-hydrogen) atoms. The van der Waals surface area contributed by atoms with Gasteiger partial charge in [0.2, 0.25) is 5.91 Å². The zero-order chi connectivity index (χ0) is 21.2. The van der Waals surface area contributed by atoms with Gasteiger partial charge in [-0.3, -0.25) is 10.1 Å². The van der Waals surface area contributed by atoms with Crippen LogP contribution in [0.5, 0.6) is 5.75 Å². The summed E-state index contributed by atoms with van der Waals surface area (Å²) in [6, 6.07) is 7.41. The Morgan fingerprint density at radius 3 is 2.63 bits per heavy atom. The van der Waals surface area contributed by atoms with Crippen LogP contribution in [0.2, 0.25) is 0 Å². The molecule has 0 bridgehead atoms. The summed E-state index contributed by atoms with van der Waals surface area (Å²) >= 11 is 0. The van der Waals surface area contributed by atoms with Crippen molar-refractivity contribution < 1.29 is 27.5 Å². The lowest BCUT2D eigenvalue weighted by Gasteiger charge is -2.18. The predicted octanol–water partition coefficient (Wildman–Crippen LogP) is 1.49. The van der Waals surface area contributed by atoms with Gasteiger partial charge in [0, 0.05) is 12.0 Å². The maximum Gasteiger partial charge on any atom is 0.324 e. The molecule has 1 aliphatic heterocycles. The molecule has 3 fully saturated rings. The number of amides is 3. The molecule has 1 saturated heterocycles. The van der Waals surface area contributed by atoms with E-state index >= 15 is 0 Å². The van der Waals surface area contributed by atoms with Crippen LogP contribution in [-0.2, 0) is 24.8 Å². The first-order chi connectivity index (χ1) is 14.4. The Morgan fingerprint density at radius 2 is 1.97 bits per heavy atom. The predicted molar refractivity (Wildman–Crippen MR) is 110 cm³/mol. The lowest BCUT2D eigenvalue weighted by molar-refractivity contribution is -0.118. The van der Waals surface area contributed by atoms with Gasteiger partial charge in [-0.05, 0) is 49.3 Å². The van der Waals surface area contributed by atoms with Crippen LogP contribution in [0, 0.1) is 5.92 Å². The van der Waals surface area contributed by atoms with Gasteiger partial charge in [-0.15, -0.1) is 0 Å². The number of hydrogen-bond acceptors (Lipinski definition) is 6. The largest absolute Gasteiger partial charge is 0.493 e. The quantitative estimate of drug-likeness (QED) is 0.393. The van der Waals surface area contributed by atoms with E-state index in [-0.39, 0.29) is 49.1 Å². The molecule has 0 spiro atoms. The maximum absolute atomic E-state index is 12.7. The van der Waals surface area contributed by atoms with E-state index in [1.807, 2.05) is 24.3 Å². The second-order valence-electron chi connectivity index (χ2n) is 8.54. The average molecular weight is 437 g/mol. The summed E-state index contributed by atoms with van der Waals surface area (Å²) < 4.78 is 36.6. The molecular formula is C21H28N2O6S. The number of imide groups is 1. The molecule has 1 aromatic carbocycles. The molecule has 2 saturated carbocycles. The van der Waals surface area contributed by atoms with Crippen LogP contribution in [0.4, 0.5) is 4.79 Å². The lowest BCUT2D eigenvalue weighted by atomic mass is 9.98. The van der Waals surface area contributed by atoms with Gasteiger partial charge < -0.3 is 14.4 Å². The molecule has 0 aromatic heterocycles. The van der Waals surface area contributed by atoms with Crippen molar-refractivity contribution in [1.82, 2.24) is 10.2 Å². The van der Waals surface area contributed by atoms with Crippen molar-refractivity contribution in [2.75, 3.05) is 44.4 Å². The lowest BCUT2D eigenvalue weighted by Crippen LogP contribution is -2.32. The topological polar surface area (TPSA) is 102 Å². The van der Waals surface area contributed by atoms with E-state index in [1.165, 1.54) is 17.7 Å². The molecular weight excluding hydrogens is 408 g/mol. The van der Waals surface area contributed by atoms with Crippen molar-refractivity contribution in [2.45, 2.75) is 31.1 Å². The van der Waals surface area contributed by atoms with E-state index in [2.05, 4.69) is 5.32 Å². The summed E-state index contributed by atoms with van der Waals surface area (Å²) in [5.74, 6) is 1.20. The van der Waals surface area contributed by atoms with E-state index in [1.54, 1.807) is 0 Å². The maximum atomic E-state index is 12.7. The van der Waals surface area contributed by atoms with Crippen molar-refractivity contribution in [3.05, 3.63) is 29.8 Å². The molecule has 1 N–H and O–H groups in total. The van der Waals surface area contributed by atoms with E-state index in [0.29, 0.717) is 5.92 Å². The Hall–Kier alpha value is -2.13. The number of rotatable bonds is 12. The Labute approximate surface area is 176 Å². The van der Waals surface area contributed by atoms with Crippen molar-refractivity contribution in [3.8, 4) is 5.75 Å².